The second-order valence-electron chi connectivity index (χ2n) is 5.75. The van der Waals surface area contributed by atoms with E-state index in [0.717, 1.165) is 30.9 Å². The molecule has 6 heteroatoms. The lowest BCUT2D eigenvalue weighted by atomic mass is 9.96. The van der Waals surface area contributed by atoms with E-state index in [1.54, 1.807) is 26.3 Å². The lowest BCUT2D eigenvalue weighted by Gasteiger charge is -2.19. The number of nitrogens with zero attached hydrogens (tertiary/aromatic N) is 1. The Morgan fingerprint density at radius 1 is 1.26 bits per heavy atom. The van der Waals surface area contributed by atoms with E-state index in [2.05, 4.69) is 15.6 Å². The first-order valence-corrected chi connectivity index (χ1v) is 7.97. The summed E-state index contributed by atoms with van der Waals surface area (Å²) in [6.45, 7) is 3.21. The molecule has 0 unspecified atom stereocenters. The molecule has 0 aromatic heterocycles. The van der Waals surface area contributed by atoms with E-state index < -0.39 is 0 Å². The van der Waals surface area contributed by atoms with E-state index in [9.17, 15) is 4.39 Å². The molecule has 0 saturated heterocycles. The number of nitrogens with one attached hydrogen (secondary N) is 2. The molecule has 1 aliphatic rings. The van der Waals surface area contributed by atoms with Crippen LogP contribution in [0, 0.1) is 5.82 Å². The van der Waals surface area contributed by atoms with Crippen molar-refractivity contribution in [2.45, 2.75) is 18.3 Å². The van der Waals surface area contributed by atoms with E-state index in [1.807, 2.05) is 6.07 Å². The quantitative estimate of drug-likeness (QED) is 0.412. The molecule has 5 nitrogen and oxygen atoms in total. The summed E-state index contributed by atoms with van der Waals surface area (Å²) in [5, 5.41) is 6.54. The molecule has 1 aromatic carbocycles. The lowest BCUT2D eigenvalue weighted by Crippen LogP contribution is -2.42. The standard InChI is InChI=1S/C17H26FN3O2/c1-19-16(20-8-9-23-11-10-22-2)21-13-17(6-7-17)14-4-3-5-15(18)12-14/h3-5,12H,6-11,13H2,1-2H3,(H2,19,20,21). The zero-order valence-corrected chi connectivity index (χ0v) is 13.9. The summed E-state index contributed by atoms with van der Waals surface area (Å²) >= 11 is 0. The topological polar surface area (TPSA) is 54.9 Å². The van der Waals surface area contributed by atoms with Gasteiger partial charge in [-0.2, -0.15) is 0 Å². The highest BCUT2D eigenvalue weighted by atomic mass is 19.1. The number of guanidine groups is 1. The number of aliphatic imine (C=N–C) groups is 1. The fourth-order valence-electron chi connectivity index (χ4n) is 2.50. The van der Waals surface area contributed by atoms with E-state index in [1.165, 1.54) is 6.07 Å². The first kappa shape index (κ1) is 17.7. The van der Waals surface area contributed by atoms with E-state index >= 15 is 0 Å². The first-order chi connectivity index (χ1) is 11.2. The number of methoxy groups -OCH3 is 1. The van der Waals surface area contributed by atoms with E-state index in [-0.39, 0.29) is 11.2 Å². The van der Waals surface area contributed by atoms with Crippen LogP contribution in [0.2, 0.25) is 0 Å². The molecule has 1 aliphatic carbocycles. The smallest absolute Gasteiger partial charge is 0.191 e. The van der Waals surface area contributed by atoms with Crippen molar-refractivity contribution in [1.82, 2.24) is 10.6 Å². The van der Waals surface area contributed by atoms with Crippen LogP contribution in [-0.4, -0.2) is 53.0 Å². The van der Waals surface area contributed by atoms with Crippen molar-refractivity contribution in [3.8, 4) is 0 Å². The molecular weight excluding hydrogens is 297 g/mol. The lowest BCUT2D eigenvalue weighted by molar-refractivity contribution is 0.0733. The van der Waals surface area contributed by atoms with Crippen LogP contribution in [-0.2, 0) is 14.9 Å². The van der Waals surface area contributed by atoms with Crippen LogP contribution in [0.3, 0.4) is 0 Å². The van der Waals surface area contributed by atoms with Crippen molar-refractivity contribution in [3.63, 3.8) is 0 Å². The Kier molecular flexibility index (Phi) is 6.80. The average molecular weight is 323 g/mol. The molecule has 0 spiro atoms. The first-order valence-electron chi connectivity index (χ1n) is 7.97. The fraction of sp³-hybridized carbons (Fsp3) is 0.588. The molecule has 0 bridgehead atoms. The van der Waals surface area contributed by atoms with Gasteiger partial charge in [-0.15, -0.1) is 0 Å². The summed E-state index contributed by atoms with van der Waals surface area (Å²) in [4.78, 5) is 4.20. The second-order valence-corrected chi connectivity index (χ2v) is 5.75. The van der Waals surface area contributed by atoms with Crippen molar-refractivity contribution >= 4 is 5.96 Å². The van der Waals surface area contributed by atoms with Crippen LogP contribution in [0.15, 0.2) is 29.3 Å². The van der Waals surface area contributed by atoms with Gasteiger partial charge >= 0.3 is 0 Å². The highest BCUT2D eigenvalue weighted by Crippen LogP contribution is 2.47. The number of rotatable bonds is 9. The van der Waals surface area contributed by atoms with Crippen LogP contribution >= 0.6 is 0 Å². The minimum Gasteiger partial charge on any atom is -0.382 e. The molecule has 0 heterocycles. The Bertz CT molecular complexity index is 518. The van der Waals surface area contributed by atoms with Crippen LogP contribution in [0.5, 0.6) is 0 Å². The molecule has 0 radical (unpaired) electrons. The molecular formula is C17H26FN3O2. The van der Waals surface area contributed by atoms with Gasteiger partial charge in [0.25, 0.3) is 0 Å². The summed E-state index contributed by atoms with van der Waals surface area (Å²) in [5.74, 6) is 0.563. The summed E-state index contributed by atoms with van der Waals surface area (Å²) in [6.07, 6.45) is 2.14. The fourth-order valence-corrected chi connectivity index (χ4v) is 2.50. The monoisotopic (exact) mass is 323 g/mol. The zero-order chi connectivity index (χ0) is 16.5. The maximum Gasteiger partial charge on any atom is 0.191 e. The highest BCUT2D eigenvalue weighted by molar-refractivity contribution is 5.79. The molecule has 2 rings (SSSR count). The minimum absolute atomic E-state index is 0.0364. The molecule has 2 N–H and O–H groups in total. The molecule has 0 aliphatic heterocycles. The Hall–Kier alpha value is -1.66. The van der Waals surface area contributed by atoms with Crippen LogP contribution in [0.25, 0.3) is 0 Å². The Morgan fingerprint density at radius 2 is 2.09 bits per heavy atom. The number of ether oxygens (including phenoxy) is 2. The largest absolute Gasteiger partial charge is 0.382 e. The third-order valence-electron chi connectivity index (χ3n) is 4.08. The SMILES string of the molecule is CN=C(NCCOCCOC)NCC1(c2cccc(F)c2)CC1. The van der Waals surface area contributed by atoms with Crippen molar-refractivity contribution in [3.05, 3.63) is 35.6 Å². The normalized spacial score (nSPS) is 16.2. The highest BCUT2D eigenvalue weighted by Gasteiger charge is 2.44. The molecule has 1 aromatic rings. The van der Waals surface area contributed by atoms with Gasteiger partial charge in [-0.25, -0.2) is 4.39 Å². The number of benzene rings is 1. The summed E-state index contributed by atoms with van der Waals surface area (Å²) in [7, 11) is 3.39. The van der Waals surface area contributed by atoms with Crippen LogP contribution < -0.4 is 10.6 Å². The molecule has 0 atom stereocenters. The van der Waals surface area contributed by atoms with Crippen molar-refractivity contribution in [2.75, 3.05) is 47.1 Å². The third-order valence-corrected chi connectivity index (χ3v) is 4.08. The molecule has 23 heavy (non-hydrogen) atoms. The number of hydrogen-bond donors (Lipinski definition) is 2. The summed E-state index contributed by atoms with van der Waals surface area (Å²) in [5.41, 5.74) is 1.10. The third kappa shape index (κ3) is 5.48. The molecule has 0 amide bonds. The maximum absolute atomic E-state index is 13.4. The van der Waals surface area contributed by atoms with Gasteiger partial charge in [0.1, 0.15) is 5.82 Å². The van der Waals surface area contributed by atoms with Gasteiger partial charge in [-0.05, 0) is 30.5 Å². The molecule has 128 valence electrons. The minimum atomic E-state index is -0.176. The van der Waals surface area contributed by atoms with Gasteiger partial charge in [-0.1, -0.05) is 12.1 Å². The summed E-state index contributed by atoms with van der Waals surface area (Å²) < 4.78 is 23.7. The predicted octanol–water partition coefficient (Wildman–Crippen LogP) is 1.69. The average Bonchev–Trinajstić information content (AvgIpc) is 3.35. The number of halogens is 1. The van der Waals surface area contributed by atoms with Gasteiger partial charge in [-0.3, -0.25) is 4.99 Å². The Labute approximate surface area is 137 Å². The summed E-state index contributed by atoms with van der Waals surface area (Å²) in [6, 6.07) is 6.89. The molecule has 1 saturated carbocycles. The zero-order valence-electron chi connectivity index (χ0n) is 13.9. The van der Waals surface area contributed by atoms with Gasteiger partial charge in [0.05, 0.1) is 19.8 Å². The second kappa shape index (κ2) is 8.84. The van der Waals surface area contributed by atoms with E-state index in [0.29, 0.717) is 26.4 Å². The van der Waals surface area contributed by atoms with E-state index in [4.69, 9.17) is 9.47 Å². The van der Waals surface area contributed by atoms with Crippen molar-refractivity contribution in [1.29, 1.82) is 0 Å². The van der Waals surface area contributed by atoms with Gasteiger partial charge in [0, 0.05) is 32.7 Å². The van der Waals surface area contributed by atoms with Crippen LogP contribution in [0.4, 0.5) is 4.39 Å². The Balaban J connectivity index is 1.73. The van der Waals surface area contributed by atoms with Crippen LogP contribution in [0.1, 0.15) is 18.4 Å². The predicted molar refractivity (Wildman–Crippen MR) is 89.4 cm³/mol. The molecule has 1 fully saturated rings. The van der Waals surface area contributed by atoms with Crippen molar-refractivity contribution in [2.24, 2.45) is 4.99 Å². The Morgan fingerprint density at radius 3 is 2.74 bits per heavy atom. The van der Waals surface area contributed by atoms with Crippen molar-refractivity contribution < 1.29 is 13.9 Å². The van der Waals surface area contributed by atoms with Gasteiger partial charge < -0.3 is 20.1 Å². The van der Waals surface area contributed by atoms with Gasteiger partial charge in [0.2, 0.25) is 0 Å². The number of hydrogen-bond acceptors (Lipinski definition) is 3. The maximum atomic E-state index is 13.4. The van der Waals surface area contributed by atoms with Gasteiger partial charge in [0.15, 0.2) is 5.96 Å².